The van der Waals surface area contributed by atoms with Crippen LogP contribution in [0, 0.1) is 12.3 Å². The Morgan fingerprint density at radius 2 is 2.40 bits per heavy atom. The van der Waals surface area contributed by atoms with Crippen molar-refractivity contribution in [3.05, 3.63) is 0 Å². The van der Waals surface area contributed by atoms with E-state index < -0.39 is 0 Å². The fourth-order valence-electron chi connectivity index (χ4n) is 0.491. The van der Waals surface area contributed by atoms with Crippen LogP contribution in [0.3, 0.4) is 0 Å². The first kappa shape index (κ1) is 9.44. The standard InChI is InChI=1S/C7H12O3/c1-3-7(6-9-2)10-5-4-8/h1,7-8H,4-6H2,2H3. The zero-order valence-corrected chi connectivity index (χ0v) is 6.04. The van der Waals surface area contributed by atoms with E-state index in [1.807, 2.05) is 0 Å². The van der Waals surface area contributed by atoms with Gasteiger partial charge in [-0.2, -0.15) is 0 Å². The third-order valence-electron chi connectivity index (χ3n) is 0.914. The highest BCUT2D eigenvalue weighted by Crippen LogP contribution is 1.89. The lowest BCUT2D eigenvalue weighted by atomic mass is 10.4. The van der Waals surface area contributed by atoms with Gasteiger partial charge in [0.05, 0.1) is 19.8 Å². The molecule has 1 unspecified atom stereocenters. The van der Waals surface area contributed by atoms with E-state index in [9.17, 15) is 0 Å². The summed E-state index contributed by atoms with van der Waals surface area (Å²) in [5.41, 5.74) is 0. The molecule has 0 rings (SSSR count). The lowest BCUT2D eigenvalue weighted by Gasteiger charge is -2.08. The van der Waals surface area contributed by atoms with Crippen LogP contribution in [0.5, 0.6) is 0 Å². The van der Waals surface area contributed by atoms with E-state index in [0.29, 0.717) is 6.61 Å². The molecule has 58 valence electrons. The summed E-state index contributed by atoms with van der Waals surface area (Å²) in [4.78, 5) is 0. The Labute approximate surface area is 60.9 Å². The molecule has 0 aliphatic rings. The molecule has 0 bridgehead atoms. The van der Waals surface area contributed by atoms with Crippen molar-refractivity contribution in [2.45, 2.75) is 6.10 Å². The molecule has 0 heterocycles. The van der Waals surface area contributed by atoms with E-state index in [1.165, 1.54) is 0 Å². The molecule has 0 aromatic heterocycles. The van der Waals surface area contributed by atoms with Crippen molar-refractivity contribution in [3.8, 4) is 12.3 Å². The molecule has 0 spiro atoms. The molecule has 3 heteroatoms. The minimum absolute atomic E-state index is 0.0120. The molecule has 0 aromatic rings. The van der Waals surface area contributed by atoms with Gasteiger partial charge in [0, 0.05) is 7.11 Å². The highest BCUT2D eigenvalue weighted by atomic mass is 16.5. The number of methoxy groups -OCH3 is 1. The molecular formula is C7H12O3. The molecule has 0 aromatic carbocycles. The molecule has 3 nitrogen and oxygen atoms in total. The Balaban J connectivity index is 3.33. The zero-order valence-electron chi connectivity index (χ0n) is 6.04. The van der Waals surface area contributed by atoms with Crippen molar-refractivity contribution in [1.29, 1.82) is 0 Å². The fraction of sp³-hybridized carbons (Fsp3) is 0.714. The Hall–Kier alpha value is -0.560. The van der Waals surface area contributed by atoms with Gasteiger partial charge >= 0.3 is 0 Å². The highest BCUT2D eigenvalue weighted by Gasteiger charge is 2.01. The largest absolute Gasteiger partial charge is 0.394 e. The van der Waals surface area contributed by atoms with Gasteiger partial charge in [0.1, 0.15) is 6.10 Å². The van der Waals surface area contributed by atoms with Crippen LogP contribution in [0.4, 0.5) is 0 Å². The summed E-state index contributed by atoms with van der Waals surface area (Å²) in [7, 11) is 1.55. The Morgan fingerprint density at radius 1 is 1.70 bits per heavy atom. The smallest absolute Gasteiger partial charge is 0.141 e. The predicted octanol–water partition coefficient (Wildman–Crippen LogP) is -0.357. The summed E-state index contributed by atoms with van der Waals surface area (Å²) >= 11 is 0. The highest BCUT2D eigenvalue weighted by molar-refractivity contribution is 4.94. The Kier molecular flexibility index (Phi) is 6.19. The SMILES string of the molecule is C#CC(COC)OCCO. The van der Waals surface area contributed by atoms with Crippen LogP contribution in [-0.2, 0) is 9.47 Å². The van der Waals surface area contributed by atoms with Gasteiger partial charge < -0.3 is 14.6 Å². The van der Waals surface area contributed by atoms with Crippen LogP contribution in [0.25, 0.3) is 0 Å². The Bertz CT molecular complexity index is 106. The van der Waals surface area contributed by atoms with Crippen LogP contribution < -0.4 is 0 Å². The van der Waals surface area contributed by atoms with Crippen molar-refractivity contribution in [2.75, 3.05) is 26.9 Å². The molecule has 0 saturated carbocycles. The normalized spacial score (nSPS) is 12.5. The predicted molar refractivity (Wildman–Crippen MR) is 37.5 cm³/mol. The summed E-state index contributed by atoms with van der Waals surface area (Å²) < 4.78 is 9.71. The van der Waals surface area contributed by atoms with Gasteiger partial charge in [-0.25, -0.2) is 0 Å². The van der Waals surface area contributed by atoms with Gasteiger partial charge in [0.25, 0.3) is 0 Å². The molecule has 0 amide bonds. The number of ether oxygens (including phenoxy) is 2. The van der Waals surface area contributed by atoms with Crippen LogP contribution in [-0.4, -0.2) is 38.1 Å². The van der Waals surface area contributed by atoms with Gasteiger partial charge in [-0.1, -0.05) is 5.92 Å². The van der Waals surface area contributed by atoms with Crippen molar-refractivity contribution in [2.24, 2.45) is 0 Å². The summed E-state index contributed by atoms with van der Waals surface area (Å²) in [6.07, 6.45) is 4.73. The maximum Gasteiger partial charge on any atom is 0.141 e. The van der Waals surface area contributed by atoms with Gasteiger partial charge in [-0.3, -0.25) is 0 Å². The summed E-state index contributed by atoms with van der Waals surface area (Å²) in [6, 6.07) is 0. The van der Waals surface area contributed by atoms with Crippen LogP contribution in [0.15, 0.2) is 0 Å². The maximum absolute atomic E-state index is 8.34. The first-order chi connectivity index (χ1) is 4.85. The molecule has 0 radical (unpaired) electrons. The van der Waals surface area contributed by atoms with Crippen LogP contribution in [0.1, 0.15) is 0 Å². The van der Waals surface area contributed by atoms with Crippen molar-refractivity contribution >= 4 is 0 Å². The summed E-state index contributed by atoms with van der Waals surface area (Å²) in [5, 5.41) is 8.34. The van der Waals surface area contributed by atoms with Crippen LogP contribution >= 0.6 is 0 Å². The number of hydrogen-bond donors (Lipinski definition) is 1. The first-order valence-corrected chi connectivity index (χ1v) is 3.02. The minimum atomic E-state index is -0.336. The van der Waals surface area contributed by atoms with Crippen LogP contribution in [0.2, 0.25) is 0 Å². The Morgan fingerprint density at radius 3 is 2.80 bits per heavy atom. The lowest BCUT2D eigenvalue weighted by Crippen LogP contribution is -2.18. The minimum Gasteiger partial charge on any atom is -0.394 e. The van der Waals surface area contributed by atoms with E-state index in [0.717, 1.165) is 0 Å². The van der Waals surface area contributed by atoms with Gasteiger partial charge in [-0.05, 0) is 0 Å². The van der Waals surface area contributed by atoms with Crippen molar-refractivity contribution < 1.29 is 14.6 Å². The second kappa shape index (κ2) is 6.56. The van der Waals surface area contributed by atoms with E-state index >= 15 is 0 Å². The maximum atomic E-state index is 8.34. The molecule has 0 aliphatic carbocycles. The lowest BCUT2D eigenvalue weighted by molar-refractivity contribution is 0.0145. The number of terminal acetylenes is 1. The third-order valence-corrected chi connectivity index (χ3v) is 0.914. The first-order valence-electron chi connectivity index (χ1n) is 3.02. The molecule has 10 heavy (non-hydrogen) atoms. The number of hydrogen-bond acceptors (Lipinski definition) is 3. The van der Waals surface area contributed by atoms with E-state index in [-0.39, 0.29) is 19.3 Å². The summed E-state index contributed by atoms with van der Waals surface area (Å²) in [6.45, 7) is 0.622. The number of rotatable bonds is 5. The second-order valence-electron chi connectivity index (χ2n) is 1.71. The van der Waals surface area contributed by atoms with Crippen molar-refractivity contribution in [3.63, 3.8) is 0 Å². The fourth-order valence-corrected chi connectivity index (χ4v) is 0.491. The van der Waals surface area contributed by atoms with E-state index in [1.54, 1.807) is 7.11 Å². The number of aliphatic hydroxyl groups excluding tert-OH is 1. The summed E-state index contributed by atoms with van der Waals surface area (Å²) in [5.74, 6) is 2.38. The topological polar surface area (TPSA) is 38.7 Å². The molecule has 0 saturated heterocycles. The molecule has 0 fully saturated rings. The zero-order chi connectivity index (χ0) is 7.82. The average Bonchev–Trinajstić information content (AvgIpc) is 1.98. The van der Waals surface area contributed by atoms with Gasteiger partial charge in [-0.15, -0.1) is 6.42 Å². The van der Waals surface area contributed by atoms with Gasteiger partial charge in [0.15, 0.2) is 0 Å². The second-order valence-corrected chi connectivity index (χ2v) is 1.71. The van der Waals surface area contributed by atoms with E-state index in [4.69, 9.17) is 21.0 Å². The quantitative estimate of drug-likeness (QED) is 0.536. The monoisotopic (exact) mass is 144 g/mol. The average molecular weight is 144 g/mol. The third kappa shape index (κ3) is 4.33. The molecule has 0 aliphatic heterocycles. The number of aliphatic hydroxyl groups is 1. The van der Waals surface area contributed by atoms with Crippen molar-refractivity contribution in [1.82, 2.24) is 0 Å². The molecule has 1 atom stereocenters. The molecular weight excluding hydrogens is 132 g/mol. The molecule has 1 N–H and O–H groups in total. The van der Waals surface area contributed by atoms with Gasteiger partial charge in [0.2, 0.25) is 0 Å². The van der Waals surface area contributed by atoms with E-state index in [2.05, 4.69) is 5.92 Å².